The fourth-order valence-electron chi connectivity index (χ4n) is 6.61. The van der Waals surface area contributed by atoms with Crippen LogP contribution in [-0.2, 0) is 29.2 Å². The second kappa shape index (κ2) is 20.3. The number of methoxy groups -OCH3 is 2. The summed E-state index contributed by atoms with van der Waals surface area (Å²) in [5.74, 6) is 2.42. The minimum absolute atomic E-state index is 0.0834. The van der Waals surface area contributed by atoms with Crippen LogP contribution in [0.25, 0.3) is 10.9 Å². The number of anilines is 2. The Kier molecular flexibility index (Phi) is 16.0. The molecule has 4 heterocycles. The number of fused-ring (bicyclic) bond motifs is 3. The quantitative estimate of drug-likeness (QED) is 0.102. The molecule has 21 heteroatoms. The van der Waals surface area contributed by atoms with Crippen molar-refractivity contribution in [2.24, 2.45) is 16.7 Å². The molecule has 3 atom stereocenters. The lowest BCUT2D eigenvalue weighted by molar-refractivity contribution is -0.155. The highest BCUT2D eigenvalue weighted by molar-refractivity contribution is 7.85. The number of aliphatic hydroxyl groups is 4. The van der Waals surface area contributed by atoms with Crippen LogP contribution in [0, 0.1) is 16.7 Å². The van der Waals surface area contributed by atoms with E-state index in [1.807, 2.05) is 30.0 Å². The Morgan fingerprint density at radius 2 is 1.53 bits per heavy atom. The number of hydrogen-bond donors (Lipinski definition) is 6. The minimum Gasteiger partial charge on any atom is -0.493 e. The normalized spacial score (nSPS) is 21.0. The van der Waals surface area contributed by atoms with Crippen LogP contribution < -0.4 is 29.6 Å². The summed E-state index contributed by atoms with van der Waals surface area (Å²) >= 11 is 0. The fourth-order valence-corrected chi connectivity index (χ4v) is 6.61. The van der Waals surface area contributed by atoms with Crippen molar-refractivity contribution in [1.29, 1.82) is 0 Å². The maximum absolute atomic E-state index is 13.0. The second-order valence-electron chi connectivity index (χ2n) is 14.6. The van der Waals surface area contributed by atoms with E-state index in [0.717, 1.165) is 25.7 Å². The molecule has 59 heavy (non-hydrogen) atoms. The van der Waals surface area contributed by atoms with Crippen LogP contribution in [0.4, 0.5) is 11.8 Å². The SMILES string of the molecule is CC12CCCCC1C(=O)OC2=O.COc1cc2nc(N3CCN(C(=O)C4COc5ccccc5O4)CC3)nc(N)c2cc1OC.CS(=O)(=O)O.OCC(CO)(CO)CO. The van der Waals surface area contributed by atoms with E-state index >= 15 is 0 Å². The molecular formula is C38H53N5O15S. The molecular weight excluding hydrogens is 799 g/mol. The lowest BCUT2D eigenvalue weighted by Crippen LogP contribution is -2.54. The van der Waals surface area contributed by atoms with Crippen molar-refractivity contribution >= 4 is 50.6 Å². The minimum atomic E-state index is -3.67. The highest BCUT2D eigenvalue weighted by Crippen LogP contribution is 2.46. The standard InChI is InChI=1S/C23H25N5O5.C9H12O3.C5H12O4.CH4O3S/c1-30-18-11-14-15(12-19(18)31-2)25-23(26-21(14)24)28-9-7-27(8-10-28)22(29)20-13-32-16-5-3-4-6-17(16)33-20;1-9-5-3-2-4-6(9)7(10)12-8(9)11;6-1-5(2-7,3-8)4-9;1-5(2,3)4/h3-6,11-12,20H,7-10,13H2,1-2H3,(H2,24,25,26);6H,2-5H2,1H3;6-9H,1-4H2;1H3,(H,2,3,4). The number of nitrogens with zero attached hydrogens (tertiary/aromatic N) is 4. The van der Waals surface area contributed by atoms with Gasteiger partial charge in [-0.25, -0.2) is 4.98 Å². The fraction of sp³-hybridized carbons (Fsp3) is 0.553. The van der Waals surface area contributed by atoms with Crippen LogP contribution >= 0.6 is 0 Å². The van der Waals surface area contributed by atoms with Crippen molar-refractivity contribution in [2.75, 3.05) is 90.3 Å². The predicted molar refractivity (Wildman–Crippen MR) is 212 cm³/mol. The third kappa shape index (κ3) is 11.6. The molecule has 20 nitrogen and oxygen atoms in total. The maximum atomic E-state index is 13.0. The van der Waals surface area contributed by atoms with Gasteiger partial charge in [-0.2, -0.15) is 13.4 Å². The van der Waals surface area contributed by atoms with E-state index in [1.54, 1.807) is 37.3 Å². The van der Waals surface area contributed by atoms with Gasteiger partial charge in [0.05, 0.1) is 69.2 Å². The number of nitrogens with two attached hydrogens (primary N) is 1. The van der Waals surface area contributed by atoms with Gasteiger partial charge in [0.1, 0.15) is 12.4 Å². The molecule has 0 spiro atoms. The van der Waals surface area contributed by atoms with Gasteiger partial charge >= 0.3 is 11.9 Å². The molecule has 1 amide bonds. The predicted octanol–water partition coefficient (Wildman–Crippen LogP) is 0.430. The number of nitrogen functional groups attached to an aromatic ring is 1. The summed E-state index contributed by atoms with van der Waals surface area (Å²) in [7, 11) is -0.524. The molecule has 4 aliphatic rings. The van der Waals surface area contributed by atoms with Crippen molar-refractivity contribution < 1.29 is 71.5 Å². The number of aliphatic hydroxyl groups excluding tert-OH is 4. The molecule has 2 saturated heterocycles. The highest BCUT2D eigenvalue weighted by atomic mass is 32.2. The van der Waals surface area contributed by atoms with Gasteiger partial charge in [-0.1, -0.05) is 25.0 Å². The lowest BCUT2D eigenvalue weighted by Gasteiger charge is -2.37. The van der Waals surface area contributed by atoms with E-state index in [-0.39, 0.29) is 30.4 Å². The molecule has 3 aromatic rings. The van der Waals surface area contributed by atoms with Crippen LogP contribution in [-0.4, -0.2) is 152 Å². The molecule has 2 aromatic carbocycles. The molecule has 3 unspecified atom stereocenters. The van der Waals surface area contributed by atoms with E-state index in [2.05, 4.69) is 14.7 Å². The number of rotatable bonds is 8. The van der Waals surface area contributed by atoms with E-state index < -0.39 is 53.5 Å². The average molecular weight is 852 g/mol. The number of para-hydroxylation sites is 2. The number of ether oxygens (including phenoxy) is 5. The van der Waals surface area contributed by atoms with Gasteiger partial charge in [0.25, 0.3) is 16.0 Å². The summed E-state index contributed by atoms with van der Waals surface area (Å²) < 4.78 is 52.8. The molecule has 0 bridgehead atoms. The van der Waals surface area contributed by atoms with Crippen molar-refractivity contribution in [3.8, 4) is 23.0 Å². The number of carbonyl (C=O) groups is 3. The maximum Gasteiger partial charge on any atom is 0.320 e. The summed E-state index contributed by atoms with van der Waals surface area (Å²) in [6.07, 6.45) is 3.77. The Bertz CT molecular complexity index is 2020. The van der Waals surface area contributed by atoms with Gasteiger partial charge in [-0.05, 0) is 38.0 Å². The Hall–Kier alpha value is -5.06. The van der Waals surface area contributed by atoms with Crippen molar-refractivity contribution in [2.45, 2.75) is 38.7 Å². The first-order valence-electron chi connectivity index (χ1n) is 18.7. The average Bonchev–Trinajstić information content (AvgIpc) is 3.47. The largest absolute Gasteiger partial charge is 0.493 e. The molecule has 7 rings (SSSR count). The van der Waals surface area contributed by atoms with Gasteiger partial charge < -0.3 is 59.6 Å². The smallest absolute Gasteiger partial charge is 0.320 e. The van der Waals surface area contributed by atoms with Crippen LogP contribution in [0.3, 0.4) is 0 Å². The molecule has 1 saturated carbocycles. The Balaban J connectivity index is 0.000000240. The van der Waals surface area contributed by atoms with Gasteiger partial charge in [0.15, 0.2) is 23.0 Å². The van der Waals surface area contributed by atoms with Crippen LogP contribution in [0.2, 0.25) is 0 Å². The topological polar surface area (TPSA) is 291 Å². The number of hydrogen-bond acceptors (Lipinski definition) is 18. The first-order chi connectivity index (χ1) is 28.0. The number of aromatic nitrogens is 2. The Labute approximate surface area is 341 Å². The van der Waals surface area contributed by atoms with E-state index in [1.165, 1.54) is 0 Å². The second-order valence-corrected chi connectivity index (χ2v) is 16.1. The number of amides is 1. The van der Waals surface area contributed by atoms with Crippen molar-refractivity contribution in [3.05, 3.63) is 36.4 Å². The molecule has 3 fully saturated rings. The summed E-state index contributed by atoms with van der Waals surface area (Å²) in [6.45, 7) is 2.62. The number of benzene rings is 2. The molecule has 7 N–H and O–H groups in total. The van der Waals surface area contributed by atoms with Gasteiger partial charge in [0.2, 0.25) is 12.1 Å². The van der Waals surface area contributed by atoms with E-state index in [0.29, 0.717) is 78.1 Å². The molecule has 1 aromatic heterocycles. The monoisotopic (exact) mass is 851 g/mol. The number of carbonyl (C=O) groups excluding carboxylic acids is 3. The zero-order chi connectivity index (χ0) is 43.5. The zero-order valence-electron chi connectivity index (χ0n) is 33.4. The van der Waals surface area contributed by atoms with Crippen molar-refractivity contribution in [3.63, 3.8) is 0 Å². The number of piperazine rings is 1. The van der Waals surface area contributed by atoms with Crippen LogP contribution in [0.5, 0.6) is 23.0 Å². The Morgan fingerprint density at radius 1 is 0.949 bits per heavy atom. The number of cyclic esters (lactones) is 2. The van der Waals surface area contributed by atoms with Crippen molar-refractivity contribution in [1.82, 2.24) is 14.9 Å². The van der Waals surface area contributed by atoms with Crippen LogP contribution in [0.1, 0.15) is 32.6 Å². The Morgan fingerprint density at radius 3 is 2.07 bits per heavy atom. The summed E-state index contributed by atoms with van der Waals surface area (Å²) in [4.78, 5) is 48.4. The molecule has 1 aliphatic carbocycles. The van der Waals surface area contributed by atoms with Gasteiger partial charge in [-0.15, -0.1) is 0 Å². The lowest BCUT2D eigenvalue weighted by atomic mass is 9.69. The van der Waals surface area contributed by atoms with E-state index in [4.69, 9.17) is 49.7 Å². The van der Waals surface area contributed by atoms with Crippen LogP contribution in [0.15, 0.2) is 36.4 Å². The first kappa shape index (κ1) is 46.6. The molecule has 326 valence electrons. The van der Waals surface area contributed by atoms with Gasteiger partial charge in [0, 0.05) is 37.6 Å². The van der Waals surface area contributed by atoms with E-state index in [9.17, 15) is 22.8 Å². The highest BCUT2D eigenvalue weighted by Gasteiger charge is 2.54. The summed E-state index contributed by atoms with van der Waals surface area (Å²) in [5, 5.41) is 34.7. The summed E-state index contributed by atoms with van der Waals surface area (Å²) in [5.41, 5.74) is 5.29. The molecule has 0 radical (unpaired) electrons. The first-order valence-corrected chi connectivity index (χ1v) is 20.5. The summed E-state index contributed by atoms with van der Waals surface area (Å²) in [6, 6.07) is 10.9. The third-order valence-electron chi connectivity index (χ3n) is 10.4. The third-order valence-corrected chi connectivity index (χ3v) is 10.4. The number of esters is 2. The molecule has 3 aliphatic heterocycles. The van der Waals surface area contributed by atoms with Gasteiger partial charge in [-0.3, -0.25) is 18.9 Å². The zero-order valence-corrected chi connectivity index (χ0v) is 34.2.